The molecule has 2 aromatic rings. The van der Waals surface area contributed by atoms with E-state index in [0.29, 0.717) is 24.5 Å². The molecule has 0 bridgehead atoms. The molecule has 164 valence electrons. The molecule has 7 nitrogen and oxygen atoms in total. The maximum Gasteiger partial charge on any atom is 0.250 e. The molecule has 1 aromatic heterocycles. The molecule has 1 fully saturated rings. The Kier molecular flexibility index (Phi) is 6.65. The number of furan rings is 1. The van der Waals surface area contributed by atoms with Gasteiger partial charge in [0.25, 0.3) is 5.91 Å². The van der Waals surface area contributed by atoms with Crippen molar-refractivity contribution in [1.29, 1.82) is 0 Å². The third kappa shape index (κ3) is 4.95. The van der Waals surface area contributed by atoms with Crippen LogP contribution in [0, 0.1) is 6.92 Å². The third-order valence-corrected chi connectivity index (χ3v) is 6.83. The fraction of sp³-hybridized carbons (Fsp3) is 0.435. The summed E-state index contributed by atoms with van der Waals surface area (Å²) < 4.78 is 5.48. The Hall–Kier alpha value is -2.74. The van der Waals surface area contributed by atoms with Crippen LogP contribution in [0.3, 0.4) is 0 Å². The number of hydrogen-bond donors (Lipinski definition) is 1. The fourth-order valence-corrected chi connectivity index (χ4v) is 5.15. The maximum atomic E-state index is 13.3. The lowest BCUT2D eigenvalue weighted by Crippen LogP contribution is -2.52. The molecule has 31 heavy (non-hydrogen) atoms. The minimum Gasteiger partial charge on any atom is -0.465 e. The van der Waals surface area contributed by atoms with Crippen LogP contribution in [0.4, 0.5) is 5.69 Å². The van der Waals surface area contributed by atoms with Crippen LogP contribution in [-0.4, -0.2) is 47.5 Å². The summed E-state index contributed by atoms with van der Waals surface area (Å²) in [6.07, 6.45) is 4.15. The highest BCUT2D eigenvalue weighted by molar-refractivity contribution is 8.01. The van der Waals surface area contributed by atoms with Crippen molar-refractivity contribution in [1.82, 2.24) is 10.2 Å². The van der Waals surface area contributed by atoms with E-state index in [-0.39, 0.29) is 30.8 Å². The van der Waals surface area contributed by atoms with Crippen LogP contribution in [0.2, 0.25) is 0 Å². The van der Waals surface area contributed by atoms with E-state index in [1.807, 2.05) is 48.2 Å². The topological polar surface area (TPSA) is 82.9 Å². The molecule has 0 spiro atoms. The highest BCUT2D eigenvalue weighted by Crippen LogP contribution is 2.39. The summed E-state index contributed by atoms with van der Waals surface area (Å²) in [5.74, 6) is 0.646. The number of nitrogens with zero attached hydrogens (tertiary/aromatic N) is 2. The first-order valence-electron chi connectivity index (χ1n) is 10.7. The van der Waals surface area contributed by atoms with Gasteiger partial charge in [-0.05, 0) is 44.0 Å². The van der Waals surface area contributed by atoms with Crippen molar-refractivity contribution in [3.8, 4) is 0 Å². The van der Waals surface area contributed by atoms with Gasteiger partial charge in [-0.2, -0.15) is 0 Å². The maximum absolute atomic E-state index is 13.3. The minimum atomic E-state index is -0.853. The van der Waals surface area contributed by atoms with Crippen LogP contribution in [0.25, 0.3) is 0 Å². The number of carbonyl (C=O) groups excluding carboxylic acids is 3. The summed E-state index contributed by atoms with van der Waals surface area (Å²) in [6, 6.07) is 11.1. The van der Waals surface area contributed by atoms with Crippen molar-refractivity contribution in [2.45, 2.75) is 49.3 Å². The number of benzene rings is 1. The molecule has 2 aliphatic heterocycles. The number of rotatable bonds is 5. The zero-order valence-electron chi connectivity index (χ0n) is 17.6. The first-order valence-corrected chi connectivity index (χ1v) is 11.6. The van der Waals surface area contributed by atoms with Crippen LogP contribution in [0.1, 0.15) is 37.2 Å². The largest absolute Gasteiger partial charge is 0.465 e. The Balaban J connectivity index is 1.49. The van der Waals surface area contributed by atoms with Gasteiger partial charge < -0.3 is 19.5 Å². The van der Waals surface area contributed by atoms with E-state index < -0.39 is 5.25 Å². The zero-order chi connectivity index (χ0) is 21.8. The second-order valence-corrected chi connectivity index (χ2v) is 9.07. The predicted octanol–water partition coefficient (Wildman–Crippen LogP) is 3.11. The van der Waals surface area contributed by atoms with Gasteiger partial charge in [0.2, 0.25) is 11.8 Å². The number of nitrogens with one attached hydrogen (secondary N) is 1. The first kappa shape index (κ1) is 21.5. The average molecular weight is 442 g/mol. The van der Waals surface area contributed by atoms with E-state index in [9.17, 15) is 14.4 Å². The van der Waals surface area contributed by atoms with Crippen molar-refractivity contribution in [2.24, 2.45) is 0 Å². The number of hydrogen-bond acceptors (Lipinski definition) is 5. The normalized spacial score (nSPS) is 19.0. The SMILES string of the molecule is Cc1ccc(CNC(=O)CN2C(=O)C(C(=O)N3CCCCCC3)Sc3ccccc32)o1. The summed E-state index contributed by atoms with van der Waals surface area (Å²) >= 11 is 1.29. The summed E-state index contributed by atoms with van der Waals surface area (Å²) in [4.78, 5) is 43.3. The van der Waals surface area contributed by atoms with Crippen LogP contribution in [0.15, 0.2) is 45.7 Å². The highest BCUT2D eigenvalue weighted by Gasteiger charge is 2.40. The van der Waals surface area contributed by atoms with Gasteiger partial charge in [0, 0.05) is 18.0 Å². The molecule has 1 atom stereocenters. The molecule has 1 saturated heterocycles. The number of anilines is 1. The van der Waals surface area contributed by atoms with Gasteiger partial charge >= 0.3 is 0 Å². The molecule has 4 rings (SSSR count). The van der Waals surface area contributed by atoms with Crippen molar-refractivity contribution < 1.29 is 18.8 Å². The Morgan fingerprint density at radius 1 is 1.10 bits per heavy atom. The summed E-state index contributed by atoms with van der Waals surface area (Å²) in [6.45, 7) is 3.33. The number of para-hydroxylation sites is 1. The van der Waals surface area contributed by atoms with Gasteiger partial charge in [-0.1, -0.05) is 25.0 Å². The molecular weight excluding hydrogens is 414 g/mol. The van der Waals surface area contributed by atoms with Crippen molar-refractivity contribution in [2.75, 3.05) is 24.5 Å². The Morgan fingerprint density at radius 2 is 1.84 bits per heavy atom. The van der Waals surface area contributed by atoms with E-state index in [1.165, 1.54) is 16.7 Å². The lowest BCUT2D eigenvalue weighted by Gasteiger charge is -2.34. The average Bonchev–Trinajstić information content (AvgIpc) is 3.01. The van der Waals surface area contributed by atoms with Gasteiger partial charge in [-0.25, -0.2) is 0 Å². The first-order chi connectivity index (χ1) is 15.0. The van der Waals surface area contributed by atoms with Crippen LogP contribution >= 0.6 is 11.8 Å². The molecule has 1 N–H and O–H groups in total. The molecule has 0 aliphatic carbocycles. The van der Waals surface area contributed by atoms with Crippen molar-refractivity contribution in [3.63, 3.8) is 0 Å². The van der Waals surface area contributed by atoms with E-state index in [2.05, 4.69) is 5.32 Å². The predicted molar refractivity (Wildman–Crippen MR) is 119 cm³/mol. The lowest BCUT2D eigenvalue weighted by molar-refractivity contribution is -0.135. The molecule has 3 amide bonds. The van der Waals surface area contributed by atoms with Gasteiger partial charge in [-0.15, -0.1) is 11.8 Å². The summed E-state index contributed by atoms with van der Waals surface area (Å²) in [5, 5.41) is 1.94. The molecule has 2 aliphatic rings. The summed E-state index contributed by atoms with van der Waals surface area (Å²) in [5.41, 5.74) is 0.668. The number of fused-ring (bicyclic) bond motifs is 1. The Bertz CT molecular complexity index is 965. The number of aryl methyl sites for hydroxylation is 1. The summed E-state index contributed by atoms with van der Waals surface area (Å²) in [7, 11) is 0. The quantitative estimate of drug-likeness (QED) is 0.721. The van der Waals surface area contributed by atoms with Crippen LogP contribution < -0.4 is 10.2 Å². The zero-order valence-corrected chi connectivity index (χ0v) is 18.5. The molecule has 3 heterocycles. The molecule has 0 saturated carbocycles. The molecule has 1 unspecified atom stereocenters. The van der Waals surface area contributed by atoms with Crippen LogP contribution in [-0.2, 0) is 20.9 Å². The van der Waals surface area contributed by atoms with Crippen LogP contribution in [0.5, 0.6) is 0 Å². The lowest BCUT2D eigenvalue weighted by atomic mass is 10.2. The highest BCUT2D eigenvalue weighted by atomic mass is 32.2. The second kappa shape index (κ2) is 9.60. The van der Waals surface area contributed by atoms with Crippen molar-refractivity contribution >= 4 is 35.2 Å². The van der Waals surface area contributed by atoms with Gasteiger partial charge in [-0.3, -0.25) is 14.4 Å². The van der Waals surface area contributed by atoms with E-state index >= 15 is 0 Å². The Labute approximate surface area is 186 Å². The fourth-order valence-electron chi connectivity index (χ4n) is 3.96. The van der Waals surface area contributed by atoms with E-state index in [1.54, 1.807) is 0 Å². The van der Waals surface area contributed by atoms with Crippen molar-refractivity contribution in [3.05, 3.63) is 47.9 Å². The second-order valence-electron chi connectivity index (χ2n) is 7.92. The monoisotopic (exact) mass is 441 g/mol. The number of amides is 3. The van der Waals surface area contributed by atoms with E-state index in [4.69, 9.17) is 4.42 Å². The van der Waals surface area contributed by atoms with Gasteiger partial charge in [0.05, 0.1) is 12.2 Å². The number of thioether (sulfide) groups is 1. The minimum absolute atomic E-state index is 0.139. The Morgan fingerprint density at radius 3 is 2.55 bits per heavy atom. The van der Waals surface area contributed by atoms with E-state index in [0.717, 1.165) is 36.3 Å². The standard InChI is InChI=1S/C23H27N3O4S/c1-16-10-11-17(30-16)14-24-20(27)15-26-18-8-4-5-9-19(18)31-21(23(26)29)22(28)25-12-6-2-3-7-13-25/h4-5,8-11,21H,2-3,6-7,12-15H2,1H3,(H,24,27). The number of likely N-dealkylation sites (tertiary alicyclic amines) is 1. The molecule has 8 heteroatoms. The third-order valence-electron chi connectivity index (χ3n) is 5.59. The smallest absolute Gasteiger partial charge is 0.250 e. The molecule has 1 aromatic carbocycles. The van der Waals surface area contributed by atoms with Gasteiger partial charge in [0.1, 0.15) is 18.1 Å². The molecule has 0 radical (unpaired) electrons. The van der Waals surface area contributed by atoms with Gasteiger partial charge in [0.15, 0.2) is 5.25 Å². The molecular formula is C23H27N3O4S. The number of carbonyl (C=O) groups is 3.